The molecule has 1 atom stereocenters. The van der Waals surface area contributed by atoms with Gasteiger partial charge in [-0.3, -0.25) is 0 Å². The highest BCUT2D eigenvalue weighted by Crippen LogP contribution is 2.20. The zero-order valence-corrected chi connectivity index (χ0v) is 9.90. The summed E-state index contributed by atoms with van der Waals surface area (Å²) in [5.41, 5.74) is 0. The Balaban J connectivity index is 2.26. The second-order valence-electron chi connectivity index (χ2n) is 3.50. The van der Waals surface area contributed by atoms with Gasteiger partial charge in [0.2, 0.25) is 0 Å². The zero-order chi connectivity index (χ0) is 12.2. The van der Waals surface area contributed by atoms with Crippen molar-refractivity contribution in [2.45, 2.75) is 23.5 Å². The van der Waals surface area contributed by atoms with E-state index in [1.54, 1.807) is 12.4 Å². The fraction of sp³-hybridized carbons (Fsp3) is 0.667. The van der Waals surface area contributed by atoms with Crippen LogP contribution < -0.4 is 5.32 Å². The predicted molar refractivity (Wildman–Crippen MR) is 57.5 cm³/mol. The third kappa shape index (κ3) is 4.89. The molecule has 0 saturated heterocycles. The summed E-state index contributed by atoms with van der Waals surface area (Å²) in [5, 5.41) is 3.23. The van der Waals surface area contributed by atoms with E-state index in [4.69, 9.17) is 0 Å². The summed E-state index contributed by atoms with van der Waals surface area (Å²) in [6.07, 6.45) is -0.677. The van der Waals surface area contributed by atoms with Crippen molar-refractivity contribution in [3.05, 3.63) is 12.4 Å². The summed E-state index contributed by atoms with van der Waals surface area (Å²) in [6, 6.07) is 0. The average Bonchev–Trinajstić information content (AvgIpc) is 2.49. The Hall–Kier alpha value is -0.690. The van der Waals surface area contributed by atoms with Gasteiger partial charge in [-0.25, -0.2) is 4.98 Å². The highest BCUT2D eigenvalue weighted by molar-refractivity contribution is 7.99. The van der Waals surface area contributed by atoms with Gasteiger partial charge < -0.3 is 9.88 Å². The number of imidazole rings is 1. The van der Waals surface area contributed by atoms with Crippen LogP contribution in [0.3, 0.4) is 0 Å². The smallest absolute Gasteiger partial charge is 0.329 e. The molecule has 0 saturated carbocycles. The largest absolute Gasteiger partial charge is 0.401 e. The molecule has 7 heteroatoms. The van der Waals surface area contributed by atoms with Crippen molar-refractivity contribution < 1.29 is 13.2 Å². The first-order valence-corrected chi connectivity index (χ1v) is 5.68. The molecule has 0 amide bonds. The SMILES string of the molecule is CC(CNCC(F)(F)F)Sc1nccn1C. The minimum Gasteiger partial charge on any atom is -0.329 e. The molecule has 1 heterocycles. The molecule has 3 nitrogen and oxygen atoms in total. The summed E-state index contributed by atoms with van der Waals surface area (Å²) in [6.45, 7) is 1.22. The zero-order valence-electron chi connectivity index (χ0n) is 9.08. The molecule has 0 bridgehead atoms. The van der Waals surface area contributed by atoms with Gasteiger partial charge in [0.15, 0.2) is 5.16 Å². The van der Waals surface area contributed by atoms with Gasteiger partial charge in [0, 0.05) is 31.2 Å². The number of aryl methyl sites for hydroxylation is 1. The lowest BCUT2D eigenvalue weighted by atomic mass is 10.4. The number of rotatable bonds is 5. The third-order valence-electron chi connectivity index (χ3n) is 1.84. The van der Waals surface area contributed by atoms with Crippen LogP contribution in [0.4, 0.5) is 13.2 Å². The number of thioether (sulfide) groups is 1. The molecule has 1 rings (SSSR count). The first-order valence-electron chi connectivity index (χ1n) is 4.80. The Kier molecular flexibility index (Phi) is 4.67. The van der Waals surface area contributed by atoms with E-state index in [1.165, 1.54) is 11.8 Å². The fourth-order valence-corrected chi connectivity index (χ4v) is 2.01. The van der Waals surface area contributed by atoms with Crippen molar-refractivity contribution in [2.24, 2.45) is 7.05 Å². The second kappa shape index (κ2) is 5.58. The van der Waals surface area contributed by atoms with E-state index < -0.39 is 12.7 Å². The van der Waals surface area contributed by atoms with Gasteiger partial charge in [0.05, 0.1) is 6.54 Å². The summed E-state index contributed by atoms with van der Waals surface area (Å²) >= 11 is 1.45. The topological polar surface area (TPSA) is 29.9 Å². The lowest BCUT2D eigenvalue weighted by molar-refractivity contribution is -0.124. The van der Waals surface area contributed by atoms with E-state index in [-0.39, 0.29) is 5.25 Å². The van der Waals surface area contributed by atoms with Crippen molar-refractivity contribution in [1.82, 2.24) is 14.9 Å². The normalized spacial score (nSPS) is 14.1. The van der Waals surface area contributed by atoms with Gasteiger partial charge >= 0.3 is 6.18 Å². The molecule has 1 aromatic heterocycles. The number of hydrogen-bond donors (Lipinski definition) is 1. The van der Waals surface area contributed by atoms with Gasteiger partial charge in [0.1, 0.15) is 0 Å². The molecular weight excluding hydrogens is 239 g/mol. The maximum atomic E-state index is 11.9. The quantitative estimate of drug-likeness (QED) is 0.815. The molecule has 0 radical (unpaired) electrons. The monoisotopic (exact) mass is 253 g/mol. The van der Waals surface area contributed by atoms with Gasteiger partial charge in [-0.2, -0.15) is 13.2 Å². The molecule has 1 aromatic rings. The molecular formula is C9H14F3N3S. The van der Waals surface area contributed by atoms with E-state index in [0.29, 0.717) is 6.54 Å². The van der Waals surface area contributed by atoms with Crippen molar-refractivity contribution in [1.29, 1.82) is 0 Å². The Morgan fingerprint density at radius 2 is 2.25 bits per heavy atom. The van der Waals surface area contributed by atoms with E-state index >= 15 is 0 Å². The molecule has 0 fully saturated rings. The maximum Gasteiger partial charge on any atom is 0.401 e. The summed E-state index contributed by atoms with van der Waals surface area (Å²) in [7, 11) is 1.85. The molecule has 1 unspecified atom stereocenters. The van der Waals surface area contributed by atoms with E-state index in [0.717, 1.165) is 5.16 Å². The third-order valence-corrected chi connectivity index (χ3v) is 3.01. The maximum absolute atomic E-state index is 11.9. The van der Waals surface area contributed by atoms with Crippen molar-refractivity contribution in [3.63, 3.8) is 0 Å². The first kappa shape index (κ1) is 13.4. The van der Waals surface area contributed by atoms with Crippen LogP contribution in [-0.2, 0) is 7.05 Å². The number of nitrogens with zero attached hydrogens (tertiary/aromatic N) is 2. The Bertz CT molecular complexity index is 324. The number of nitrogens with one attached hydrogen (secondary N) is 1. The number of hydrogen-bond acceptors (Lipinski definition) is 3. The van der Waals surface area contributed by atoms with Crippen molar-refractivity contribution >= 4 is 11.8 Å². The molecule has 92 valence electrons. The van der Waals surface area contributed by atoms with Crippen LogP contribution in [0.15, 0.2) is 17.6 Å². The highest BCUT2D eigenvalue weighted by Gasteiger charge is 2.26. The molecule has 16 heavy (non-hydrogen) atoms. The van der Waals surface area contributed by atoms with E-state index in [2.05, 4.69) is 10.3 Å². The number of halogens is 3. The Labute approximate surface area is 96.4 Å². The number of aromatic nitrogens is 2. The molecule has 0 spiro atoms. The van der Waals surface area contributed by atoms with Gasteiger partial charge in [-0.05, 0) is 0 Å². The average molecular weight is 253 g/mol. The minimum atomic E-state index is -4.15. The standard InChI is InChI=1S/C9H14F3N3S/c1-7(5-13-6-9(10,11)12)16-8-14-3-4-15(8)2/h3-4,7,13H,5-6H2,1-2H3. The minimum absolute atomic E-state index is 0.0449. The van der Waals surface area contributed by atoms with E-state index in [1.807, 2.05) is 18.5 Å². The molecule has 0 aromatic carbocycles. The van der Waals surface area contributed by atoms with Crippen LogP contribution >= 0.6 is 11.8 Å². The van der Waals surface area contributed by atoms with Crippen molar-refractivity contribution in [2.75, 3.05) is 13.1 Å². The van der Waals surface area contributed by atoms with Crippen LogP contribution in [0.25, 0.3) is 0 Å². The summed E-state index contributed by atoms with van der Waals surface area (Å²) in [5.74, 6) is 0. The Morgan fingerprint density at radius 1 is 1.56 bits per heavy atom. The molecule has 0 aliphatic carbocycles. The second-order valence-corrected chi connectivity index (χ2v) is 4.90. The fourth-order valence-electron chi connectivity index (χ4n) is 1.10. The van der Waals surface area contributed by atoms with Crippen molar-refractivity contribution in [3.8, 4) is 0 Å². The molecule has 0 aliphatic heterocycles. The molecule has 1 N–H and O–H groups in total. The molecule has 0 aliphatic rings. The first-order chi connectivity index (χ1) is 7.38. The van der Waals surface area contributed by atoms with E-state index in [9.17, 15) is 13.2 Å². The summed E-state index contributed by atoms with van der Waals surface area (Å²) in [4.78, 5) is 4.09. The van der Waals surface area contributed by atoms with Crippen LogP contribution in [0.2, 0.25) is 0 Å². The number of alkyl halides is 3. The van der Waals surface area contributed by atoms with Crippen LogP contribution in [0, 0.1) is 0 Å². The van der Waals surface area contributed by atoms with Crippen LogP contribution in [0.5, 0.6) is 0 Å². The summed E-state index contributed by atoms with van der Waals surface area (Å²) < 4.78 is 37.4. The lowest BCUT2D eigenvalue weighted by Crippen LogP contribution is -2.32. The van der Waals surface area contributed by atoms with Crippen LogP contribution in [-0.4, -0.2) is 34.1 Å². The lowest BCUT2D eigenvalue weighted by Gasteiger charge is -2.13. The van der Waals surface area contributed by atoms with Gasteiger partial charge in [-0.1, -0.05) is 18.7 Å². The predicted octanol–water partition coefficient (Wildman–Crippen LogP) is 2.05. The Morgan fingerprint density at radius 3 is 2.75 bits per heavy atom. The van der Waals surface area contributed by atoms with Crippen LogP contribution in [0.1, 0.15) is 6.92 Å². The van der Waals surface area contributed by atoms with Gasteiger partial charge in [0.25, 0.3) is 0 Å². The highest BCUT2D eigenvalue weighted by atomic mass is 32.2. The van der Waals surface area contributed by atoms with Gasteiger partial charge in [-0.15, -0.1) is 0 Å².